The second kappa shape index (κ2) is 7.11. The molecule has 6 nitrogen and oxygen atoms in total. The van der Waals surface area contributed by atoms with Crippen LogP contribution in [0.4, 0.5) is 10.2 Å². The van der Waals surface area contributed by atoms with Crippen LogP contribution < -0.4 is 5.73 Å². The van der Waals surface area contributed by atoms with E-state index < -0.39 is 0 Å². The summed E-state index contributed by atoms with van der Waals surface area (Å²) in [5, 5.41) is 0.417. The van der Waals surface area contributed by atoms with E-state index in [1.807, 2.05) is 0 Å². The lowest BCUT2D eigenvalue weighted by Gasteiger charge is -2.34. The van der Waals surface area contributed by atoms with Gasteiger partial charge in [-0.15, -0.1) is 0 Å². The Morgan fingerprint density at radius 2 is 1.92 bits per heavy atom. The number of carbonyl (C=O) groups excluding carboxylic acids is 1. The first-order valence-corrected chi connectivity index (χ1v) is 7.95. The van der Waals surface area contributed by atoms with Crippen LogP contribution in [0.1, 0.15) is 16.1 Å². The summed E-state index contributed by atoms with van der Waals surface area (Å²) in [5.74, 6) is -0.416. The minimum Gasteiger partial charge on any atom is -0.382 e. The Morgan fingerprint density at radius 1 is 1.21 bits per heavy atom. The van der Waals surface area contributed by atoms with E-state index in [1.54, 1.807) is 17.0 Å². The Kier molecular flexibility index (Phi) is 4.92. The van der Waals surface area contributed by atoms with Gasteiger partial charge in [-0.05, 0) is 12.1 Å². The van der Waals surface area contributed by atoms with E-state index in [2.05, 4.69) is 14.9 Å². The maximum atomic E-state index is 13.9. The Balaban J connectivity index is 1.62. The fourth-order valence-corrected chi connectivity index (χ4v) is 2.90. The predicted octanol–water partition coefficient (Wildman–Crippen LogP) is 1.81. The number of benzene rings is 1. The maximum absolute atomic E-state index is 13.9. The normalized spacial score (nSPS) is 15.5. The van der Waals surface area contributed by atoms with Crippen molar-refractivity contribution < 1.29 is 9.18 Å². The molecule has 1 fully saturated rings. The van der Waals surface area contributed by atoms with E-state index in [0.717, 1.165) is 0 Å². The molecule has 2 aromatic rings. The van der Waals surface area contributed by atoms with Gasteiger partial charge in [-0.1, -0.05) is 17.7 Å². The van der Waals surface area contributed by atoms with Gasteiger partial charge in [-0.2, -0.15) is 0 Å². The zero-order valence-electron chi connectivity index (χ0n) is 13.0. The van der Waals surface area contributed by atoms with Crippen molar-refractivity contribution in [2.45, 2.75) is 6.54 Å². The van der Waals surface area contributed by atoms with Crippen molar-refractivity contribution in [1.29, 1.82) is 0 Å². The van der Waals surface area contributed by atoms with E-state index in [0.29, 0.717) is 43.3 Å². The number of nitrogens with zero attached hydrogens (tertiary/aromatic N) is 4. The van der Waals surface area contributed by atoms with Gasteiger partial charge in [0, 0.05) is 55.7 Å². The van der Waals surface area contributed by atoms with Crippen LogP contribution in [0.3, 0.4) is 0 Å². The first kappa shape index (κ1) is 16.6. The number of rotatable bonds is 3. The lowest BCUT2D eigenvalue weighted by Crippen LogP contribution is -2.48. The summed E-state index contributed by atoms with van der Waals surface area (Å²) >= 11 is 6.07. The van der Waals surface area contributed by atoms with Crippen LogP contribution >= 0.6 is 11.6 Å². The van der Waals surface area contributed by atoms with Crippen LogP contribution in [0, 0.1) is 5.82 Å². The van der Waals surface area contributed by atoms with Gasteiger partial charge in [-0.25, -0.2) is 14.4 Å². The van der Waals surface area contributed by atoms with Crippen molar-refractivity contribution in [3.8, 4) is 0 Å². The largest absolute Gasteiger partial charge is 0.382 e. The Labute approximate surface area is 144 Å². The van der Waals surface area contributed by atoms with E-state index >= 15 is 0 Å². The van der Waals surface area contributed by atoms with Crippen molar-refractivity contribution in [3.05, 3.63) is 52.7 Å². The summed E-state index contributed by atoms with van der Waals surface area (Å²) in [7, 11) is 0. The second-order valence-corrected chi connectivity index (χ2v) is 5.97. The number of aromatic nitrogens is 2. The minimum atomic E-state index is -0.312. The molecular formula is C16H17ClFN5O. The van der Waals surface area contributed by atoms with Gasteiger partial charge in [-0.3, -0.25) is 9.69 Å². The third kappa shape index (κ3) is 3.47. The molecule has 0 atom stereocenters. The van der Waals surface area contributed by atoms with Gasteiger partial charge in [0.25, 0.3) is 5.91 Å². The number of nitrogens with two attached hydrogens (primary N) is 1. The van der Waals surface area contributed by atoms with Crippen LogP contribution in [0.25, 0.3) is 0 Å². The van der Waals surface area contributed by atoms with Crippen molar-refractivity contribution >= 4 is 23.3 Å². The predicted molar refractivity (Wildman–Crippen MR) is 89.0 cm³/mol. The second-order valence-electron chi connectivity index (χ2n) is 5.56. The summed E-state index contributed by atoms with van der Waals surface area (Å²) in [6.45, 7) is 2.69. The zero-order valence-corrected chi connectivity index (χ0v) is 13.7. The highest BCUT2D eigenvalue weighted by molar-refractivity contribution is 6.31. The maximum Gasteiger partial charge on any atom is 0.276 e. The fourth-order valence-electron chi connectivity index (χ4n) is 2.68. The number of piperazine rings is 1. The van der Waals surface area contributed by atoms with E-state index in [-0.39, 0.29) is 23.2 Å². The van der Waals surface area contributed by atoms with Crippen LogP contribution in [0.15, 0.2) is 30.6 Å². The lowest BCUT2D eigenvalue weighted by molar-refractivity contribution is 0.0622. The topological polar surface area (TPSA) is 75.3 Å². The molecule has 0 bridgehead atoms. The Morgan fingerprint density at radius 3 is 2.58 bits per heavy atom. The van der Waals surface area contributed by atoms with Crippen LogP contribution in [-0.4, -0.2) is 51.9 Å². The standard InChI is InChI=1S/C16H17ClFN5O/c17-12-2-1-3-13(18)11(12)10-22-6-8-23(9-7-22)16(24)14-15(19)21-5-4-20-14/h1-5H,6-10H2,(H2,19,21). The van der Waals surface area contributed by atoms with Gasteiger partial charge in [0.15, 0.2) is 11.5 Å². The molecule has 1 aromatic heterocycles. The minimum absolute atomic E-state index is 0.128. The molecule has 0 spiro atoms. The summed E-state index contributed by atoms with van der Waals surface area (Å²) in [4.78, 5) is 24.1. The molecule has 0 radical (unpaired) electrons. The lowest BCUT2D eigenvalue weighted by atomic mass is 10.1. The summed E-state index contributed by atoms with van der Waals surface area (Å²) < 4.78 is 13.9. The summed E-state index contributed by atoms with van der Waals surface area (Å²) in [6.07, 6.45) is 2.89. The monoisotopic (exact) mass is 349 g/mol. The zero-order chi connectivity index (χ0) is 17.1. The van der Waals surface area contributed by atoms with E-state index in [9.17, 15) is 9.18 Å². The molecule has 0 aliphatic carbocycles. The molecule has 2 heterocycles. The van der Waals surface area contributed by atoms with Gasteiger partial charge in [0.1, 0.15) is 5.82 Å². The van der Waals surface area contributed by atoms with Crippen LogP contribution in [-0.2, 0) is 6.54 Å². The summed E-state index contributed by atoms with van der Waals surface area (Å²) in [5.41, 5.74) is 6.36. The van der Waals surface area contributed by atoms with Gasteiger partial charge in [0.05, 0.1) is 0 Å². The first-order chi connectivity index (χ1) is 11.6. The number of carbonyl (C=O) groups is 1. The number of anilines is 1. The third-order valence-electron chi connectivity index (χ3n) is 4.03. The molecule has 1 aliphatic rings. The van der Waals surface area contributed by atoms with Gasteiger partial charge >= 0.3 is 0 Å². The molecule has 1 aliphatic heterocycles. The highest BCUT2D eigenvalue weighted by atomic mass is 35.5. The quantitative estimate of drug-likeness (QED) is 0.914. The number of amides is 1. The number of hydrogen-bond acceptors (Lipinski definition) is 5. The molecule has 3 rings (SSSR count). The number of hydrogen-bond donors (Lipinski definition) is 1. The van der Waals surface area contributed by atoms with Crippen molar-refractivity contribution in [3.63, 3.8) is 0 Å². The smallest absolute Gasteiger partial charge is 0.276 e. The van der Waals surface area contributed by atoms with Crippen LogP contribution in [0.2, 0.25) is 5.02 Å². The van der Waals surface area contributed by atoms with E-state index in [4.69, 9.17) is 17.3 Å². The fraction of sp³-hybridized carbons (Fsp3) is 0.312. The van der Waals surface area contributed by atoms with Gasteiger partial charge < -0.3 is 10.6 Å². The Hall–Kier alpha value is -2.25. The summed E-state index contributed by atoms with van der Waals surface area (Å²) in [6, 6.07) is 4.66. The number of halogens is 2. The molecule has 24 heavy (non-hydrogen) atoms. The van der Waals surface area contributed by atoms with Crippen LogP contribution in [0.5, 0.6) is 0 Å². The molecule has 1 amide bonds. The molecule has 0 saturated carbocycles. The molecule has 1 aromatic carbocycles. The van der Waals surface area contributed by atoms with Crippen molar-refractivity contribution in [2.75, 3.05) is 31.9 Å². The SMILES string of the molecule is Nc1nccnc1C(=O)N1CCN(Cc2c(F)cccc2Cl)CC1. The molecule has 1 saturated heterocycles. The molecular weight excluding hydrogens is 333 g/mol. The number of nitrogen functional groups attached to an aromatic ring is 1. The molecule has 8 heteroatoms. The molecule has 0 unspecified atom stereocenters. The van der Waals surface area contributed by atoms with Gasteiger partial charge in [0.2, 0.25) is 0 Å². The third-order valence-corrected chi connectivity index (χ3v) is 4.39. The molecule has 2 N–H and O–H groups in total. The average Bonchev–Trinajstić information content (AvgIpc) is 2.59. The van der Waals surface area contributed by atoms with E-state index in [1.165, 1.54) is 18.5 Å². The molecule has 126 valence electrons. The first-order valence-electron chi connectivity index (χ1n) is 7.57. The highest BCUT2D eigenvalue weighted by Crippen LogP contribution is 2.21. The average molecular weight is 350 g/mol. The highest BCUT2D eigenvalue weighted by Gasteiger charge is 2.25. The van der Waals surface area contributed by atoms with Crippen molar-refractivity contribution in [1.82, 2.24) is 19.8 Å². The van der Waals surface area contributed by atoms with Crippen molar-refractivity contribution in [2.24, 2.45) is 0 Å². The Bertz CT molecular complexity index is 729.